The van der Waals surface area contributed by atoms with E-state index in [1.807, 2.05) is 18.2 Å². The number of hydrogen-bond acceptors (Lipinski definition) is 2. The minimum Gasteiger partial charge on any atom is -0.228 e. The second-order valence-electron chi connectivity index (χ2n) is 7.27. The van der Waals surface area contributed by atoms with Crippen LogP contribution in [-0.4, -0.2) is 9.97 Å². The highest BCUT2D eigenvalue weighted by molar-refractivity contribution is 5.88. The summed E-state index contributed by atoms with van der Waals surface area (Å²) < 4.78 is 13.4. The van der Waals surface area contributed by atoms with E-state index in [1.165, 1.54) is 30.5 Å². The molecule has 3 aromatic carbocycles. The molecule has 0 saturated heterocycles. The van der Waals surface area contributed by atoms with E-state index in [9.17, 15) is 4.39 Å². The van der Waals surface area contributed by atoms with Gasteiger partial charge >= 0.3 is 0 Å². The van der Waals surface area contributed by atoms with Crippen LogP contribution in [0.3, 0.4) is 0 Å². The summed E-state index contributed by atoms with van der Waals surface area (Å²) in [6, 6.07) is 18.7. The van der Waals surface area contributed by atoms with Crippen LogP contribution in [0.4, 0.5) is 4.39 Å². The Morgan fingerprint density at radius 3 is 2.35 bits per heavy atom. The van der Waals surface area contributed by atoms with Crippen molar-refractivity contribution in [3.8, 4) is 23.7 Å². The number of fused-ring (bicyclic) bond motifs is 1. The SMILES string of the molecule is CCCCc1ccc(C#Cc2cnc(C#Cc3cccc4cc(F)ccc34)nc2)cc1. The van der Waals surface area contributed by atoms with Crippen LogP contribution >= 0.6 is 0 Å². The Labute approximate surface area is 182 Å². The van der Waals surface area contributed by atoms with E-state index < -0.39 is 0 Å². The van der Waals surface area contributed by atoms with Gasteiger partial charge < -0.3 is 0 Å². The largest absolute Gasteiger partial charge is 0.228 e. The van der Waals surface area contributed by atoms with E-state index >= 15 is 0 Å². The number of nitrogens with zero attached hydrogens (tertiary/aromatic N) is 2. The lowest BCUT2D eigenvalue weighted by atomic mass is 10.0. The van der Waals surface area contributed by atoms with E-state index in [4.69, 9.17) is 0 Å². The summed E-state index contributed by atoms with van der Waals surface area (Å²) in [6.07, 6.45) is 6.87. The number of halogens is 1. The van der Waals surface area contributed by atoms with Gasteiger partial charge in [-0.3, -0.25) is 0 Å². The molecule has 1 aromatic heterocycles. The molecule has 0 aliphatic heterocycles. The summed E-state index contributed by atoms with van der Waals surface area (Å²) >= 11 is 0. The number of aryl methyl sites for hydroxylation is 1. The summed E-state index contributed by atoms with van der Waals surface area (Å²) in [5.74, 6) is 12.5. The van der Waals surface area contributed by atoms with Crippen molar-refractivity contribution >= 4 is 10.8 Å². The maximum absolute atomic E-state index is 13.4. The maximum atomic E-state index is 13.4. The fourth-order valence-corrected chi connectivity index (χ4v) is 3.22. The normalized spacial score (nSPS) is 10.1. The first-order valence-electron chi connectivity index (χ1n) is 10.3. The van der Waals surface area contributed by atoms with Gasteiger partial charge in [-0.1, -0.05) is 61.4 Å². The summed E-state index contributed by atoms with van der Waals surface area (Å²) in [4.78, 5) is 8.60. The van der Waals surface area contributed by atoms with Crippen LogP contribution in [0.2, 0.25) is 0 Å². The molecule has 2 nitrogen and oxygen atoms in total. The van der Waals surface area contributed by atoms with Gasteiger partial charge in [0.05, 0.1) is 5.56 Å². The fraction of sp³-hybridized carbons (Fsp3) is 0.143. The van der Waals surface area contributed by atoms with Crippen molar-refractivity contribution in [2.24, 2.45) is 0 Å². The van der Waals surface area contributed by atoms with Crippen molar-refractivity contribution in [2.45, 2.75) is 26.2 Å². The molecule has 3 heteroatoms. The second kappa shape index (κ2) is 9.70. The number of rotatable bonds is 3. The Morgan fingerprint density at radius 2 is 1.58 bits per heavy atom. The van der Waals surface area contributed by atoms with Gasteiger partial charge in [-0.05, 0) is 65.4 Å². The van der Waals surface area contributed by atoms with Crippen LogP contribution in [0.15, 0.2) is 73.1 Å². The lowest BCUT2D eigenvalue weighted by Gasteiger charge is -2.00. The molecule has 0 bridgehead atoms. The van der Waals surface area contributed by atoms with Crippen molar-refractivity contribution in [3.63, 3.8) is 0 Å². The van der Waals surface area contributed by atoms with Crippen molar-refractivity contribution in [1.29, 1.82) is 0 Å². The summed E-state index contributed by atoms with van der Waals surface area (Å²) in [5.41, 5.74) is 3.86. The van der Waals surface area contributed by atoms with Gasteiger partial charge in [0.25, 0.3) is 0 Å². The molecular formula is C28H21FN2. The van der Waals surface area contributed by atoms with Crippen molar-refractivity contribution in [3.05, 3.63) is 107 Å². The first-order valence-corrected chi connectivity index (χ1v) is 10.3. The van der Waals surface area contributed by atoms with Crippen LogP contribution in [0.1, 0.15) is 47.8 Å². The molecule has 0 spiro atoms. The summed E-state index contributed by atoms with van der Waals surface area (Å²) in [7, 11) is 0. The molecular weight excluding hydrogens is 383 g/mol. The van der Waals surface area contributed by atoms with Gasteiger partial charge in [-0.15, -0.1) is 0 Å². The maximum Gasteiger partial charge on any atom is 0.205 e. The van der Waals surface area contributed by atoms with Gasteiger partial charge in [0.2, 0.25) is 5.82 Å². The smallest absolute Gasteiger partial charge is 0.205 e. The van der Waals surface area contributed by atoms with Crippen LogP contribution in [0.25, 0.3) is 10.8 Å². The van der Waals surface area contributed by atoms with Gasteiger partial charge in [-0.2, -0.15) is 0 Å². The van der Waals surface area contributed by atoms with Crippen LogP contribution in [-0.2, 0) is 6.42 Å². The zero-order chi connectivity index (χ0) is 21.5. The standard InChI is InChI=1S/C28H21FN2/c1-2-3-5-21-8-10-22(11-9-21)12-13-23-19-30-28(31-20-23)17-14-24-6-4-7-25-18-26(29)15-16-27(24)25/h4,6-11,15-16,18-20H,2-3,5H2,1H3. The lowest BCUT2D eigenvalue weighted by molar-refractivity contribution is 0.630. The van der Waals surface area contributed by atoms with E-state index in [1.54, 1.807) is 18.5 Å². The number of hydrogen-bond donors (Lipinski definition) is 0. The Hall–Kier alpha value is -3.95. The highest BCUT2D eigenvalue weighted by Crippen LogP contribution is 2.19. The van der Waals surface area contributed by atoms with Gasteiger partial charge in [0, 0.05) is 23.5 Å². The average molecular weight is 404 g/mol. The van der Waals surface area contributed by atoms with Gasteiger partial charge in [-0.25, -0.2) is 14.4 Å². The minimum absolute atomic E-state index is 0.259. The number of aromatic nitrogens is 2. The van der Waals surface area contributed by atoms with E-state index in [-0.39, 0.29) is 5.82 Å². The molecule has 0 atom stereocenters. The Morgan fingerprint density at radius 1 is 0.806 bits per heavy atom. The average Bonchev–Trinajstić information content (AvgIpc) is 2.81. The minimum atomic E-state index is -0.259. The monoisotopic (exact) mass is 404 g/mol. The molecule has 150 valence electrons. The van der Waals surface area contributed by atoms with E-state index in [0.717, 1.165) is 33.9 Å². The number of unbranched alkanes of at least 4 members (excludes halogenated alkanes) is 1. The van der Waals surface area contributed by atoms with E-state index in [0.29, 0.717) is 5.82 Å². The van der Waals surface area contributed by atoms with Crippen LogP contribution < -0.4 is 0 Å². The molecule has 0 fully saturated rings. The van der Waals surface area contributed by atoms with Crippen molar-refractivity contribution < 1.29 is 4.39 Å². The molecule has 4 aromatic rings. The zero-order valence-corrected chi connectivity index (χ0v) is 17.3. The Balaban J connectivity index is 1.47. The second-order valence-corrected chi connectivity index (χ2v) is 7.27. The third kappa shape index (κ3) is 5.35. The lowest BCUT2D eigenvalue weighted by Crippen LogP contribution is -1.90. The topological polar surface area (TPSA) is 25.8 Å². The highest BCUT2D eigenvalue weighted by atomic mass is 19.1. The molecule has 0 N–H and O–H groups in total. The molecule has 0 saturated carbocycles. The first kappa shape index (κ1) is 20.3. The van der Waals surface area contributed by atoms with Crippen molar-refractivity contribution in [2.75, 3.05) is 0 Å². The zero-order valence-electron chi connectivity index (χ0n) is 17.3. The first-order chi connectivity index (χ1) is 15.2. The third-order valence-electron chi connectivity index (χ3n) is 4.93. The Bertz CT molecular complexity index is 1320. The molecule has 0 aliphatic rings. The van der Waals surface area contributed by atoms with E-state index in [2.05, 4.69) is 64.8 Å². The fourth-order valence-electron chi connectivity index (χ4n) is 3.22. The van der Waals surface area contributed by atoms with Crippen LogP contribution in [0.5, 0.6) is 0 Å². The quantitative estimate of drug-likeness (QED) is 0.397. The molecule has 0 radical (unpaired) electrons. The Kier molecular flexibility index (Phi) is 6.36. The number of benzene rings is 3. The van der Waals surface area contributed by atoms with Gasteiger partial charge in [0.15, 0.2) is 0 Å². The van der Waals surface area contributed by atoms with Gasteiger partial charge in [0.1, 0.15) is 5.82 Å². The summed E-state index contributed by atoms with van der Waals surface area (Å²) in [5, 5.41) is 1.72. The molecule has 1 heterocycles. The predicted octanol–water partition coefficient (Wildman–Crippen LogP) is 5.91. The van der Waals surface area contributed by atoms with Crippen molar-refractivity contribution in [1.82, 2.24) is 9.97 Å². The molecule has 0 unspecified atom stereocenters. The molecule has 0 amide bonds. The van der Waals surface area contributed by atoms with Crippen LogP contribution in [0, 0.1) is 29.5 Å². The molecule has 0 aliphatic carbocycles. The summed E-state index contributed by atoms with van der Waals surface area (Å²) in [6.45, 7) is 2.20. The molecule has 31 heavy (non-hydrogen) atoms. The molecule has 4 rings (SSSR count). The third-order valence-corrected chi connectivity index (χ3v) is 4.93. The highest BCUT2D eigenvalue weighted by Gasteiger charge is 2.00. The predicted molar refractivity (Wildman–Crippen MR) is 123 cm³/mol.